The van der Waals surface area contributed by atoms with E-state index in [0.717, 1.165) is 23.0 Å². The van der Waals surface area contributed by atoms with Crippen molar-refractivity contribution in [1.29, 1.82) is 0 Å². The molecule has 116 valence electrons. The van der Waals surface area contributed by atoms with Gasteiger partial charge >= 0.3 is 0 Å². The second kappa shape index (κ2) is 7.61. The Labute approximate surface area is 135 Å². The average Bonchev–Trinajstić information content (AvgIpc) is 2.52. The Bertz CT molecular complexity index is 736. The largest absolute Gasteiger partial charge is 0.233 e. The molecule has 0 bridgehead atoms. The Hall–Kier alpha value is -1.59. The normalized spacial score (nSPS) is 12.4. The number of benzene rings is 2. The van der Waals surface area contributed by atoms with Crippen molar-refractivity contribution in [2.45, 2.75) is 17.6 Å². The van der Waals surface area contributed by atoms with Crippen LogP contribution >= 0.6 is 11.8 Å². The van der Waals surface area contributed by atoms with E-state index in [1.807, 2.05) is 37.3 Å². The molecule has 0 saturated carbocycles. The smallest absolute Gasteiger partial charge is 0.216 e. The lowest BCUT2D eigenvalue weighted by Crippen LogP contribution is -2.01. The van der Waals surface area contributed by atoms with Gasteiger partial charge in [-0.2, -0.15) is 16.2 Å². The quantitative estimate of drug-likeness (QED) is 0.728. The minimum Gasteiger partial charge on any atom is -0.216 e. The summed E-state index contributed by atoms with van der Waals surface area (Å²) in [5.41, 5.74) is 2.06. The molecule has 0 radical (unpaired) electrons. The highest BCUT2D eigenvalue weighted by molar-refractivity contribution is 7.98. The maximum Gasteiger partial charge on any atom is 0.233 e. The van der Waals surface area contributed by atoms with Crippen LogP contribution in [0.25, 0.3) is 0 Å². The molecule has 0 N–H and O–H groups in total. The molecule has 0 unspecified atom stereocenters. The van der Waals surface area contributed by atoms with Crippen LogP contribution < -0.4 is 0 Å². The maximum atomic E-state index is 14.0. The molecule has 0 heterocycles. The highest BCUT2D eigenvalue weighted by Crippen LogP contribution is 2.22. The fourth-order valence-corrected chi connectivity index (χ4v) is 3.75. The summed E-state index contributed by atoms with van der Waals surface area (Å²) in [7, 11) is -4.02. The van der Waals surface area contributed by atoms with Gasteiger partial charge in [-0.15, -0.1) is 0 Å². The standard InChI is InChI=1S/C17H17FO2S2/c1-14-7-9-16(10-8-14)22(19,20)17(18)11-12-21-13-15-5-3-2-4-6-15/h2-11H,12-13H2,1H3/b17-11+. The van der Waals surface area contributed by atoms with Gasteiger partial charge in [0.15, 0.2) is 0 Å². The molecule has 0 spiro atoms. The van der Waals surface area contributed by atoms with Crippen LogP contribution in [0.3, 0.4) is 0 Å². The van der Waals surface area contributed by atoms with E-state index in [4.69, 9.17) is 0 Å². The van der Waals surface area contributed by atoms with Gasteiger partial charge in [-0.05, 0) is 30.7 Å². The van der Waals surface area contributed by atoms with Crippen molar-refractivity contribution >= 4 is 21.6 Å². The van der Waals surface area contributed by atoms with Gasteiger partial charge < -0.3 is 0 Å². The van der Waals surface area contributed by atoms with E-state index in [0.29, 0.717) is 5.75 Å². The van der Waals surface area contributed by atoms with Crippen LogP contribution in [0, 0.1) is 6.92 Å². The third kappa shape index (κ3) is 4.45. The van der Waals surface area contributed by atoms with E-state index in [2.05, 4.69) is 0 Å². The lowest BCUT2D eigenvalue weighted by Gasteiger charge is -2.03. The van der Waals surface area contributed by atoms with Gasteiger partial charge in [0.1, 0.15) is 0 Å². The van der Waals surface area contributed by atoms with Crippen LogP contribution in [0.1, 0.15) is 11.1 Å². The average molecular weight is 336 g/mol. The van der Waals surface area contributed by atoms with E-state index in [1.165, 1.54) is 23.9 Å². The zero-order chi connectivity index (χ0) is 16.0. The van der Waals surface area contributed by atoms with Crippen LogP contribution in [0.4, 0.5) is 4.39 Å². The fourth-order valence-electron chi connectivity index (χ4n) is 1.82. The minimum atomic E-state index is -4.02. The number of hydrogen-bond donors (Lipinski definition) is 0. The van der Waals surface area contributed by atoms with Crippen molar-refractivity contribution in [1.82, 2.24) is 0 Å². The molecule has 2 aromatic carbocycles. The van der Waals surface area contributed by atoms with Crippen LogP contribution in [0.2, 0.25) is 0 Å². The van der Waals surface area contributed by atoms with Gasteiger partial charge in [0.2, 0.25) is 15.0 Å². The van der Waals surface area contributed by atoms with Crippen molar-refractivity contribution in [2.24, 2.45) is 0 Å². The number of aryl methyl sites for hydroxylation is 1. The van der Waals surface area contributed by atoms with E-state index in [9.17, 15) is 12.8 Å². The number of thioether (sulfide) groups is 1. The molecule has 0 fully saturated rings. The first-order valence-electron chi connectivity index (χ1n) is 6.79. The Morgan fingerprint density at radius 2 is 1.73 bits per heavy atom. The minimum absolute atomic E-state index is 0.0140. The van der Waals surface area contributed by atoms with Crippen molar-refractivity contribution in [2.75, 3.05) is 5.75 Å². The summed E-state index contributed by atoms with van der Waals surface area (Å²) in [5, 5.41) is -1.09. The van der Waals surface area contributed by atoms with E-state index < -0.39 is 15.0 Å². The third-order valence-corrected chi connectivity index (χ3v) is 5.57. The molecule has 0 saturated heterocycles. The lowest BCUT2D eigenvalue weighted by atomic mass is 10.2. The molecule has 2 nitrogen and oxygen atoms in total. The molecule has 22 heavy (non-hydrogen) atoms. The summed E-state index contributed by atoms with van der Waals surface area (Å²) in [6.07, 6.45) is 1.13. The Morgan fingerprint density at radius 1 is 1.09 bits per heavy atom. The molecule has 2 aromatic rings. The summed E-state index contributed by atoms with van der Waals surface area (Å²) in [6, 6.07) is 15.9. The van der Waals surface area contributed by atoms with Crippen LogP contribution in [-0.2, 0) is 15.6 Å². The zero-order valence-electron chi connectivity index (χ0n) is 12.2. The molecule has 0 aliphatic rings. The van der Waals surface area contributed by atoms with Crippen molar-refractivity contribution < 1.29 is 12.8 Å². The van der Waals surface area contributed by atoms with Gasteiger partial charge in [-0.1, -0.05) is 48.0 Å². The molecule has 2 rings (SSSR count). The molecular weight excluding hydrogens is 319 g/mol. The molecule has 0 aliphatic heterocycles. The fraction of sp³-hybridized carbons (Fsp3) is 0.176. The molecule has 0 atom stereocenters. The predicted octanol–water partition coefficient (Wildman–Crippen LogP) is 4.51. The van der Waals surface area contributed by atoms with Crippen LogP contribution in [0.15, 0.2) is 70.7 Å². The maximum absolute atomic E-state index is 14.0. The summed E-state index contributed by atoms with van der Waals surface area (Å²) in [5.74, 6) is 1.03. The zero-order valence-corrected chi connectivity index (χ0v) is 13.8. The predicted molar refractivity (Wildman–Crippen MR) is 90.2 cm³/mol. The second-order valence-electron chi connectivity index (χ2n) is 4.83. The van der Waals surface area contributed by atoms with Crippen molar-refractivity contribution in [3.05, 3.63) is 77.0 Å². The van der Waals surface area contributed by atoms with Crippen LogP contribution in [0.5, 0.6) is 0 Å². The molecule has 0 aromatic heterocycles. The topological polar surface area (TPSA) is 34.1 Å². The first-order valence-corrected chi connectivity index (χ1v) is 9.43. The highest BCUT2D eigenvalue weighted by atomic mass is 32.2. The first kappa shape index (κ1) is 16.8. The van der Waals surface area contributed by atoms with Crippen LogP contribution in [-0.4, -0.2) is 14.2 Å². The number of hydrogen-bond acceptors (Lipinski definition) is 3. The Balaban J connectivity index is 1.97. The van der Waals surface area contributed by atoms with Gasteiger partial charge in [-0.25, -0.2) is 8.42 Å². The van der Waals surface area contributed by atoms with E-state index in [-0.39, 0.29) is 4.90 Å². The summed E-state index contributed by atoms with van der Waals surface area (Å²) in [6.45, 7) is 1.85. The monoisotopic (exact) mass is 336 g/mol. The summed E-state index contributed by atoms with van der Waals surface area (Å²) >= 11 is 1.47. The molecule has 0 aliphatic carbocycles. The van der Waals surface area contributed by atoms with Gasteiger partial charge in [-0.3, -0.25) is 0 Å². The second-order valence-corrected chi connectivity index (χ2v) is 7.72. The number of sulfone groups is 1. The number of halogens is 1. The lowest BCUT2D eigenvalue weighted by molar-refractivity contribution is 0.577. The first-order chi connectivity index (χ1) is 10.5. The SMILES string of the molecule is Cc1ccc(S(=O)(=O)/C(F)=C/CSCc2ccccc2)cc1. The van der Waals surface area contributed by atoms with Gasteiger partial charge in [0, 0.05) is 11.5 Å². The van der Waals surface area contributed by atoms with E-state index >= 15 is 0 Å². The molecular formula is C17H17FO2S2. The summed E-state index contributed by atoms with van der Waals surface area (Å²) in [4.78, 5) is -0.0140. The Kier molecular flexibility index (Phi) is 5.80. The molecule has 5 heteroatoms. The van der Waals surface area contributed by atoms with E-state index in [1.54, 1.807) is 12.1 Å². The summed E-state index contributed by atoms with van der Waals surface area (Å²) < 4.78 is 38.1. The molecule has 0 amide bonds. The highest BCUT2D eigenvalue weighted by Gasteiger charge is 2.20. The van der Waals surface area contributed by atoms with Gasteiger partial charge in [0.25, 0.3) is 0 Å². The van der Waals surface area contributed by atoms with Crippen molar-refractivity contribution in [3.8, 4) is 0 Å². The van der Waals surface area contributed by atoms with Crippen molar-refractivity contribution in [3.63, 3.8) is 0 Å². The Morgan fingerprint density at radius 3 is 2.36 bits per heavy atom. The van der Waals surface area contributed by atoms with Gasteiger partial charge in [0.05, 0.1) is 4.90 Å². The number of rotatable bonds is 6. The third-order valence-electron chi connectivity index (χ3n) is 3.06.